The molecule has 5 nitrogen and oxygen atoms in total. The normalized spacial score (nSPS) is 14.3. The molecule has 6 heteroatoms. The topological polar surface area (TPSA) is 65.4 Å². The maximum atomic E-state index is 5.94. The zero-order chi connectivity index (χ0) is 14.4. The number of ether oxygens (including phenoxy) is 1. The zero-order valence-corrected chi connectivity index (χ0v) is 12.6. The van der Waals surface area contributed by atoms with Crippen molar-refractivity contribution in [1.82, 2.24) is 14.6 Å². The number of benzene rings is 1. The molecule has 1 aliphatic rings. The van der Waals surface area contributed by atoms with Gasteiger partial charge in [-0.3, -0.25) is 4.40 Å². The number of hydrogen-bond acceptors (Lipinski definition) is 5. The first-order chi connectivity index (χ1) is 10.3. The van der Waals surface area contributed by atoms with Gasteiger partial charge in [0.1, 0.15) is 5.75 Å². The minimum atomic E-state index is 0.701. The second kappa shape index (κ2) is 4.73. The number of thiazole rings is 1. The van der Waals surface area contributed by atoms with Crippen molar-refractivity contribution >= 4 is 22.0 Å². The molecular formula is C15H16N4OS. The van der Waals surface area contributed by atoms with E-state index in [9.17, 15) is 0 Å². The summed E-state index contributed by atoms with van der Waals surface area (Å²) in [5, 5.41) is 8.71. The zero-order valence-electron chi connectivity index (χ0n) is 11.8. The molecule has 0 atom stereocenters. The summed E-state index contributed by atoms with van der Waals surface area (Å²) in [4.78, 5) is 2.40. The molecule has 108 valence electrons. The molecule has 0 fully saturated rings. The molecule has 3 aromatic rings. The highest BCUT2D eigenvalue weighted by Crippen LogP contribution is 2.36. The van der Waals surface area contributed by atoms with E-state index in [1.54, 1.807) is 18.4 Å². The molecule has 0 saturated carbocycles. The van der Waals surface area contributed by atoms with Gasteiger partial charge in [0.2, 0.25) is 4.96 Å². The summed E-state index contributed by atoms with van der Waals surface area (Å²) in [6.45, 7) is 0. The SMILES string of the molecule is COc1ccc(N)cc1-c1nnc2sc3c(n12)CCCC3. The van der Waals surface area contributed by atoms with Crippen molar-refractivity contribution < 1.29 is 4.74 Å². The standard InChI is InChI=1S/C15H16N4OS/c1-20-12-7-6-9(16)8-10(12)14-17-18-15-19(14)11-4-2-3-5-13(11)21-15/h6-8H,2-5,16H2,1H3. The molecule has 0 aliphatic heterocycles. The van der Waals surface area contributed by atoms with Crippen molar-refractivity contribution in [1.29, 1.82) is 0 Å². The van der Waals surface area contributed by atoms with Crippen LogP contribution in [-0.4, -0.2) is 21.7 Å². The molecule has 0 unspecified atom stereocenters. The van der Waals surface area contributed by atoms with Crippen LogP contribution in [0.2, 0.25) is 0 Å². The van der Waals surface area contributed by atoms with Gasteiger partial charge in [-0.2, -0.15) is 0 Å². The van der Waals surface area contributed by atoms with Gasteiger partial charge >= 0.3 is 0 Å². The van der Waals surface area contributed by atoms with Crippen LogP contribution in [0.15, 0.2) is 18.2 Å². The van der Waals surface area contributed by atoms with Gasteiger partial charge in [0.15, 0.2) is 5.82 Å². The summed E-state index contributed by atoms with van der Waals surface area (Å²) in [6.07, 6.45) is 4.73. The molecule has 4 rings (SSSR count). The summed E-state index contributed by atoms with van der Waals surface area (Å²) >= 11 is 1.75. The lowest BCUT2D eigenvalue weighted by Gasteiger charge is -2.12. The van der Waals surface area contributed by atoms with E-state index < -0.39 is 0 Å². The van der Waals surface area contributed by atoms with Crippen LogP contribution in [0.1, 0.15) is 23.4 Å². The van der Waals surface area contributed by atoms with Gasteiger partial charge < -0.3 is 10.5 Å². The third-order valence-corrected chi connectivity index (χ3v) is 5.10. The Labute approximate surface area is 126 Å². The van der Waals surface area contributed by atoms with Crippen LogP contribution in [0.25, 0.3) is 16.3 Å². The lowest BCUT2D eigenvalue weighted by Crippen LogP contribution is -2.04. The quantitative estimate of drug-likeness (QED) is 0.739. The number of methoxy groups -OCH3 is 1. The van der Waals surface area contributed by atoms with Crippen molar-refractivity contribution in [3.8, 4) is 17.1 Å². The minimum Gasteiger partial charge on any atom is -0.496 e. The van der Waals surface area contributed by atoms with E-state index in [0.717, 1.165) is 34.9 Å². The number of fused-ring (bicyclic) bond motifs is 3. The van der Waals surface area contributed by atoms with Crippen molar-refractivity contribution in [2.24, 2.45) is 0 Å². The van der Waals surface area contributed by atoms with Gasteiger partial charge in [-0.15, -0.1) is 10.2 Å². The van der Waals surface area contributed by atoms with Gasteiger partial charge in [0, 0.05) is 16.3 Å². The average Bonchev–Trinajstić information content (AvgIpc) is 3.06. The van der Waals surface area contributed by atoms with E-state index in [4.69, 9.17) is 10.5 Å². The summed E-state index contributed by atoms with van der Waals surface area (Å²) in [7, 11) is 1.66. The Morgan fingerprint density at radius 3 is 2.95 bits per heavy atom. The maximum absolute atomic E-state index is 5.94. The van der Waals surface area contributed by atoms with Crippen LogP contribution < -0.4 is 10.5 Å². The number of rotatable bonds is 2. The fourth-order valence-electron chi connectivity index (χ4n) is 2.97. The second-order valence-corrected chi connectivity index (χ2v) is 6.34. The molecule has 1 aliphatic carbocycles. The molecule has 2 N–H and O–H groups in total. The predicted octanol–water partition coefficient (Wildman–Crippen LogP) is 2.93. The van der Waals surface area contributed by atoms with E-state index in [0.29, 0.717) is 5.69 Å². The van der Waals surface area contributed by atoms with Crippen molar-refractivity contribution in [3.63, 3.8) is 0 Å². The Morgan fingerprint density at radius 2 is 2.10 bits per heavy atom. The lowest BCUT2D eigenvalue weighted by molar-refractivity contribution is 0.416. The molecule has 0 saturated heterocycles. The predicted molar refractivity (Wildman–Crippen MR) is 83.9 cm³/mol. The Hall–Kier alpha value is -2.08. The molecule has 2 aromatic heterocycles. The molecule has 1 aromatic carbocycles. The van der Waals surface area contributed by atoms with Crippen molar-refractivity contribution in [2.45, 2.75) is 25.7 Å². The monoisotopic (exact) mass is 300 g/mol. The first-order valence-electron chi connectivity index (χ1n) is 7.07. The van der Waals surface area contributed by atoms with Crippen LogP contribution in [0.3, 0.4) is 0 Å². The van der Waals surface area contributed by atoms with Crippen LogP contribution in [0.5, 0.6) is 5.75 Å². The number of aromatic nitrogens is 3. The van der Waals surface area contributed by atoms with Gasteiger partial charge in [-0.1, -0.05) is 11.3 Å². The van der Waals surface area contributed by atoms with Gasteiger partial charge in [0.05, 0.1) is 12.7 Å². The first kappa shape index (κ1) is 12.6. The first-order valence-corrected chi connectivity index (χ1v) is 7.89. The average molecular weight is 300 g/mol. The highest BCUT2D eigenvalue weighted by atomic mass is 32.1. The van der Waals surface area contributed by atoms with Crippen LogP contribution in [0.4, 0.5) is 5.69 Å². The molecule has 0 amide bonds. The smallest absolute Gasteiger partial charge is 0.216 e. The Bertz CT molecular complexity index is 821. The summed E-state index contributed by atoms with van der Waals surface area (Å²) < 4.78 is 7.64. The molecule has 0 radical (unpaired) electrons. The summed E-state index contributed by atoms with van der Waals surface area (Å²) in [5.74, 6) is 1.60. The number of nitrogens with zero attached hydrogens (tertiary/aromatic N) is 3. The Balaban J connectivity index is 1.99. The number of hydrogen-bond donors (Lipinski definition) is 1. The minimum absolute atomic E-state index is 0.701. The van der Waals surface area contributed by atoms with E-state index in [2.05, 4.69) is 14.6 Å². The maximum Gasteiger partial charge on any atom is 0.216 e. The molecule has 2 heterocycles. The van der Waals surface area contributed by atoms with Crippen LogP contribution in [0, 0.1) is 0 Å². The van der Waals surface area contributed by atoms with E-state index >= 15 is 0 Å². The van der Waals surface area contributed by atoms with Crippen molar-refractivity contribution in [2.75, 3.05) is 12.8 Å². The van der Waals surface area contributed by atoms with Crippen LogP contribution in [-0.2, 0) is 12.8 Å². The third kappa shape index (κ3) is 1.90. The second-order valence-electron chi connectivity index (χ2n) is 5.28. The number of nitrogens with two attached hydrogens (primary N) is 1. The fraction of sp³-hybridized carbons (Fsp3) is 0.333. The molecule has 0 bridgehead atoms. The number of nitrogen functional groups attached to an aromatic ring is 1. The largest absolute Gasteiger partial charge is 0.496 e. The van der Waals surface area contributed by atoms with Gasteiger partial charge in [-0.25, -0.2) is 0 Å². The fourth-order valence-corrected chi connectivity index (χ4v) is 4.12. The molecule has 21 heavy (non-hydrogen) atoms. The molecule has 0 spiro atoms. The molecular weight excluding hydrogens is 284 g/mol. The van der Waals surface area contributed by atoms with E-state index in [-0.39, 0.29) is 0 Å². The van der Waals surface area contributed by atoms with E-state index in [1.807, 2.05) is 18.2 Å². The van der Waals surface area contributed by atoms with Crippen LogP contribution >= 0.6 is 11.3 Å². The number of aryl methyl sites for hydroxylation is 2. The summed E-state index contributed by atoms with van der Waals surface area (Å²) in [5.41, 5.74) is 8.89. The number of anilines is 1. The van der Waals surface area contributed by atoms with E-state index in [1.165, 1.54) is 23.4 Å². The lowest BCUT2D eigenvalue weighted by atomic mass is 10.0. The highest BCUT2D eigenvalue weighted by molar-refractivity contribution is 7.17. The highest BCUT2D eigenvalue weighted by Gasteiger charge is 2.22. The Morgan fingerprint density at radius 1 is 1.24 bits per heavy atom. The Kier molecular flexibility index (Phi) is 2.85. The van der Waals surface area contributed by atoms with Gasteiger partial charge in [0.25, 0.3) is 0 Å². The van der Waals surface area contributed by atoms with Gasteiger partial charge in [-0.05, 0) is 43.9 Å². The van der Waals surface area contributed by atoms with Crippen molar-refractivity contribution in [3.05, 3.63) is 28.8 Å². The third-order valence-electron chi connectivity index (χ3n) is 3.97. The summed E-state index contributed by atoms with van der Waals surface area (Å²) in [6, 6.07) is 5.62.